The highest BCUT2D eigenvalue weighted by Crippen LogP contribution is 2.29. The minimum Gasteiger partial charge on any atom is -0.314 e. The van der Waals surface area contributed by atoms with E-state index in [2.05, 4.69) is 10.3 Å². The maximum atomic E-state index is 12.7. The van der Waals surface area contributed by atoms with Crippen molar-refractivity contribution in [3.63, 3.8) is 0 Å². The Bertz CT molecular complexity index is 552. The molecule has 1 aromatic heterocycles. The zero-order valence-electron chi connectivity index (χ0n) is 11.7. The van der Waals surface area contributed by atoms with Crippen molar-refractivity contribution < 1.29 is 13.2 Å². The molecular formula is C15H17F3N2S. The van der Waals surface area contributed by atoms with Gasteiger partial charge in [0.15, 0.2) is 0 Å². The maximum absolute atomic E-state index is 12.7. The third-order valence-electron chi connectivity index (χ3n) is 3.16. The molecule has 0 saturated heterocycles. The molecule has 0 aliphatic heterocycles. The van der Waals surface area contributed by atoms with Crippen LogP contribution in [0.15, 0.2) is 36.0 Å². The smallest absolute Gasteiger partial charge is 0.314 e. The number of halogens is 3. The van der Waals surface area contributed by atoms with Crippen molar-refractivity contribution in [3.05, 3.63) is 52.0 Å². The molecule has 2 aromatic rings. The Morgan fingerprint density at radius 2 is 2.10 bits per heavy atom. The van der Waals surface area contributed by atoms with Crippen LogP contribution in [0, 0.1) is 0 Å². The van der Waals surface area contributed by atoms with Crippen molar-refractivity contribution in [2.45, 2.75) is 32.0 Å². The predicted molar refractivity (Wildman–Crippen MR) is 78.4 cm³/mol. The normalized spacial score (nSPS) is 13.3. The number of nitrogens with one attached hydrogen (secondary N) is 1. The van der Waals surface area contributed by atoms with Crippen molar-refractivity contribution in [1.82, 2.24) is 10.3 Å². The van der Waals surface area contributed by atoms with Crippen molar-refractivity contribution in [2.24, 2.45) is 0 Å². The molecule has 0 aliphatic rings. The lowest BCUT2D eigenvalue weighted by atomic mass is 10.0. The molecule has 1 N–H and O–H groups in total. The second-order valence-corrected chi connectivity index (χ2v) is 5.80. The number of benzene rings is 1. The molecule has 0 spiro atoms. The molecule has 21 heavy (non-hydrogen) atoms. The maximum Gasteiger partial charge on any atom is 0.416 e. The van der Waals surface area contributed by atoms with E-state index in [0.29, 0.717) is 12.0 Å². The average molecular weight is 314 g/mol. The highest BCUT2D eigenvalue weighted by Gasteiger charge is 2.30. The minimum absolute atomic E-state index is 0.110. The summed E-state index contributed by atoms with van der Waals surface area (Å²) in [6.07, 6.45) is -1.15. The number of thiazole rings is 1. The number of nitrogens with zero attached hydrogens (tertiary/aromatic N) is 1. The van der Waals surface area contributed by atoms with E-state index in [1.165, 1.54) is 12.1 Å². The fourth-order valence-corrected chi connectivity index (χ4v) is 2.93. The standard InChI is InChI=1S/C15H17F3N2S/c1-2-20-13(8-14-9-19-10-21-14)7-11-4-3-5-12(6-11)15(16,17)18/h3-6,9-10,13,20H,2,7-8H2,1H3. The van der Waals surface area contributed by atoms with Crippen LogP contribution in [0.3, 0.4) is 0 Å². The topological polar surface area (TPSA) is 24.9 Å². The van der Waals surface area contributed by atoms with Crippen LogP contribution in [0.25, 0.3) is 0 Å². The zero-order chi connectivity index (χ0) is 15.3. The molecule has 1 atom stereocenters. The quantitative estimate of drug-likeness (QED) is 0.874. The summed E-state index contributed by atoms with van der Waals surface area (Å²) in [5.41, 5.74) is 1.87. The van der Waals surface area contributed by atoms with Gasteiger partial charge < -0.3 is 5.32 Å². The van der Waals surface area contributed by atoms with E-state index in [9.17, 15) is 13.2 Å². The Balaban J connectivity index is 2.09. The van der Waals surface area contributed by atoms with Gasteiger partial charge in [-0.05, 0) is 31.0 Å². The van der Waals surface area contributed by atoms with Crippen LogP contribution in [0.1, 0.15) is 22.9 Å². The fourth-order valence-electron chi connectivity index (χ4n) is 2.25. The third kappa shape index (κ3) is 4.82. The van der Waals surface area contributed by atoms with Gasteiger partial charge >= 0.3 is 6.18 Å². The summed E-state index contributed by atoms with van der Waals surface area (Å²) >= 11 is 1.56. The van der Waals surface area contributed by atoms with Gasteiger partial charge in [0.05, 0.1) is 11.1 Å². The second-order valence-electron chi connectivity index (χ2n) is 4.83. The van der Waals surface area contributed by atoms with Crippen molar-refractivity contribution in [2.75, 3.05) is 6.54 Å². The summed E-state index contributed by atoms with van der Waals surface area (Å²) in [6.45, 7) is 2.77. The largest absolute Gasteiger partial charge is 0.416 e. The monoisotopic (exact) mass is 314 g/mol. The van der Waals surface area contributed by atoms with Crippen LogP contribution in [0.2, 0.25) is 0 Å². The van der Waals surface area contributed by atoms with E-state index >= 15 is 0 Å². The third-order valence-corrected chi connectivity index (χ3v) is 3.96. The first-order valence-electron chi connectivity index (χ1n) is 6.76. The molecule has 0 fully saturated rings. The van der Waals surface area contributed by atoms with E-state index in [4.69, 9.17) is 0 Å². The molecule has 1 heterocycles. The fraction of sp³-hybridized carbons (Fsp3) is 0.400. The Hall–Kier alpha value is -1.40. The summed E-state index contributed by atoms with van der Waals surface area (Å²) in [7, 11) is 0. The first-order valence-corrected chi connectivity index (χ1v) is 7.64. The molecule has 0 aliphatic carbocycles. The van der Waals surface area contributed by atoms with Gasteiger partial charge in [0, 0.05) is 17.1 Å². The van der Waals surface area contributed by atoms with Crippen molar-refractivity contribution in [3.8, 4) is 0 Å². The number of hydrogen-bond donors (Lipinski definition) is 1. The van der Waals surface area contributed by atoms with Crippen molar-refractivity contribution >= 4 is 11.3 Å². The SMILES string of the molecule is CCNC(Cc1cccc(C(F)(F)F)c1)Cc1cncs1. The number of rotatable bonds is 6. The number of likely N-dealkylation sites (N-methyl/N-ethyl adjacent to an activating group) is 1. The molecule has 0 saturated carbocycles. The lowest BCUT2D eigenvalue weighted by Crippen LogP contribution is -2.32. The second kappa shape index (κ2) is 7.04. The Morgan fingerprint density at radius 3 is 2.71 bits per heavy atom. The Kier molecular flexibility index (Phi) is 5.36. The first-order chi connectivity index (χ1) is 9.99. The molecule has 0 radical (unpaired) electrons. The number of alkyl halides is 3. The van der Waals surface area contributed by atoms with E-state index < -0.39 is 11.7 Å². The molecule has 0 amide bonds. The summed E-state index contributed by atoms with van der Waals surface area (Å²) in [6, 6.07) is 5.66. The molecule has 2 nitrogen and oxygen atoms in total. The summed E-state index contributed by atoms with van der Waals surface area (Å²) in [5, 5.41) is 3.33. The molecule has 1 unspecified atom stereocenters. The van der Waals surface area contributed by atoms with Gasteiger partial charge in [-0.3, -0.25) is 4.98 Å². The van der Waals surface area contributed by atoms with Crippen LogP contribution in [0.5, 0.6) is 0 Å². The lowest BCUT2D eigenvalue weighted by Gasteiger charge is -2.18. The Labute approximate surface area is 126 Å². The molecule has 1 aromatic carbocycles. The summed E-state index contributed by atoms with van der Waals surface area (Å²) < 4.78 is 38.2. The Morgan fingerprint density at radius 1 is 1.29 bits per heavy atom. The molecule has 0 bridgehead atoms. The highest BCUT2D eigenvalue weighted by atomic mass is 32.1. The first kappa shape index (κ1) is 16.0. The molecular weight excluding hydrogens is 297 g/mol. The number of aromatic nitrogens is 1. The number of hydrogen-bond acceptors (Lipinski definition) is 3. The van der Waals surface area contributed by atoms with Crippen LogP contribution < -0.4 is 5.32 Å². The lowest BCUT2D eigenvalue weighted by molar-refractivity contribution is -0.137. The van der Waals surface area contributed by atoms with Crippen LogP contribution in [-0.4, -0.2) is 17.6 Å². The van der Waals surface area contributed by atoms with E-state index in [1.54, 1.807) is 29.1 Å². The molecule has 2 rings (SSSR count). The minimum atomic E-state index is -4.29. The van der Waals surface area contributed by atoms with Gasteiger partial charge in [-0.2, -0.15) is 13.2 Å². The van der Waals surface area contributed by atoms with Gasteiger partial charge in [-0.1, -0.05) is 25.1 Å². The van der Waals surface area contributed by atoms with E-state index in [0.717, 1.165) is 23.9 Å². The zero-order valence-corrected chi connectivity index (χ0v) is 12.5. The molecule has 114 valence electrons. The molecule has 6 heteroatoms. The van der Waals surface area contributed by atoms with E-state index in [-0.39, 0.29) is 6.04 Å². The van der Waals surface area contributed by atoms with Gasteiger partial charge in [0.2, 0.25) is 0 Å². The van der Waals surface area contributed by atoms with Gasteiger partial charge in [-0.15, -0.1) is 11.3 Å². The predicted octanol–water partition coefficient (Wildman–Crippen LogP) is 3.93. The van der Waals surface area contributed by atoms with Crippen molar-refractivity contribution in [1.29, 1.82) is 0 Å². The van der Waals surface area contributed by atoms with Crippen LogP contribution in [0.4, 0.5) is 13.2 Å². The average Bonchev–Trinajstić information content (AvgIpc) is 2.91. The van der Waals surface area contributed by atoms with Crippen LogP contribution in [-0.2, 0) is 19.0 Å². The summed E-state index contributed by atoms with van der Waals surface area (Å²) in [5.74, 6) is 0. The summed E-state index contributed by atoms with van der Waals surface area (Å²) in [4.78, 5) is 5.16. The van der Waals surface area contributed by atoms with Gasteiger partial charge in [-0.25, -0.2) is 0 Å². The van der Waals surface area contributed by atoms with Gasteiger partial charge in [0.1, 0.15) is 0 Å². The van der Waals surface area contributed by atoms with Crippen LogP contribution >= 0.6 is 11.3 Å². The highest BCUT2D eigenvalue weighted by molar-refractivity contribution is 7.09. The van der Waals surface area contributed by atoms with Gasteiger partial charge in [0.25, 0.3) is 0 Å². The van der Waals surface area contributed by atoms with E-state index in [1.807, 2.05) is 6.92 Å².